The van der Waals surface area contributed by atoms with Gasteiger partial charge in [-0.2, -0.15) is 0 Å². The first-order valence-corrected chi connectivity index (χ1v) is 7.75. The molecular weight excluding hydrogens is 248 g/mol. The number of carbonyl (C=O) groups is 1. The standard InChI is InChI=1S/C17H26N2O/c1-13-8-6-7-11-16(13)14(2)18-12-17(20)19-15-9-4-3-5-10-15/h6-8,11,14-15,18H,3-5,9-10,12H2,1-2H3,(H,19,20)/t14-/m0/s1. The van der Waals surface area contributed by atoms with Gasteiger partial charge in [-0.25, -0.2) is 0 Å². The largest absolute Gasteiger partial charge is 0.352 e. The van der Waals surface area contributed by atoms with Crippen LogP contribution in [-0.4, -0.2) is 18.5 Å². The van der Waals surface area contributed by atoms with E-state index in [4.69, 9.17) is 0 Å². The number of hydrogen-bond acceptors (Lipinski definition) is 2. The lowest BCUT2D eigenvalue weighted by Gasteiger charge is -2.23. The van der Waals surface area contributed by atoms with Crippen LogP contribution >= 0.6 is 0 Å². The van der Waals surface area contributed by atoms with Gasteiger partial charge in [0.2, 0.25) is 5.91 Å². The second kappa shape index (κ2) is 7.44. The molecule has 0 radical (unpaired) electrons. The number of amides is 1. The molecule has 0 unspecified atom stereocenters. The zero-order chi connectivity index (χ0) is 14.4. The van der Waals surface area contributed by atoms with Crippen molar-refractivity contribution >= 4 is 5.91 Å². The van der Waals surface area contributed by atoms with Gasteiger partial charge < -0.3 is 10.6 Å². The van der Waals surface area contributed by atoms with Crippen LogP contribution in [0, 0.1) is 6.92 Å². The topological polar surface area (TPSA) is 41.1 Å². The third-order valence-corrected chi connectivity index (χ3v) is 4.19. The third-order valence-electron chi connectivity index (χ3n) is 4.19. The summed E-state index contributed by atoms with van der Waals surface area (Å²) in [5.74, 6) is 0.123. The Morgan fingerprint density at radius 3 is 2.65 bits per heavy atom. The van der Waals surface area contributed by atoms with E-state index in [2.05, 4.69) is 36.6 Å². The normalized spacial score (nSPS) is 17.7. The minimum absolute atomic E-state index is 0.123. The lowest BCUT2D eigenvalue weighted by Crippen LogP contribution is -2.41. The van der Waals surface area contributed by atoms with Crippen LogP contribution in [0.2, 0.25) is 0 Å². The fourth-order valence-corrected chi connectivity index (χ4v) is 2.95. The lowest BCUT2D eigenvalue weighted by molar-refractivity contribution is -0.121. The molecule has 1 aromatic carbocycles. The van der Waals surface area contributed by atoms with Gasteiger partial charge in [0.15, 0.2) is 0 Å². The van der Waals surface area contributed by atoms with Crippen molar-refractivity contribution in [2.75, 3.05) is 6.54 Å². The van der Waals surface area contributed by atoms with Crippen LogP contribution in [0.4, 0.5) is 0 Å². The van der Waals surface area contributed by atoms with Crippen molar-refractivity contribution in [3.05, 3.63) is 35.4 Å². The molecule has 0 saturated heterocycles. The van der Waals surface area contributed by atoms with Gasteiger partial charge in [-0.1, -0.05) is 43.5 Å². The molecule has 1 aliphatic rings. The van der Waals surface area contributed by atoms with E-state index in [9.17, 15) is 4.79 Å². The van der Waals surface area contributed by atoms with E-state index in [1.54, 1.807) is 0 Å². The maximum Gasteiger partial charge on any atom is 0.234 e. The highest BCUT2D eigenvalue weighted by atomic mass is 16.1. The molecule has 2 rings (SSSR count). The minimum Gasteiger partial charge on any atom is -0.352 e. The average Bonchev–Trinajstić information content (AvgIpc) is 2.46. The van der Waals surface area contributed by atoms with Crippen LogP contribution in [0.3, 0.4) is 0 Å². The molecule has 1 aliphatic carbocycles. The summed E-state index contributed by atoms with van der Waals surface area (Å²) in [7, 11) is 0. The third kappa shape index (κ3) is 4.34. The number of carbonyl (C=O) groups excluding carboxylic acids is 1. The van der Waals surface area contributed by atoms with Crippen LogP contribution in [-0.2, 0) is 4.79 Å². The number of hydrogen-bond donors (Lipinski definition) is 2. The van der Waals surface area contributed by atoms with Gasteiger partial charge in [0.25, 0.3) is 0 Å². The van der Waals surface area contributed by atoms with Gasteiger partial charge in [-0.05, 0) is 37.8 Å². The summed E-state index contributed by atoms with van der Waals surface area (Å²) in [5.41, 5.74) is 2.53. The fraction of sp³-hybridized carbons (Fsp3) is 0.588. The van der Waals surface area contributed by atoms with Gasteiger partial charge in [0.1, 0.15) is 0 Å². The van der Waals surface area contributed by atoms with Gasteiger partial charge in [0, 0.05) is 12.1 Å². The van der Waals surface area contributed by atoms with Crippen molar-refractivity contribution in [2.45, 2.75) is 58.0 Å². The van der Waals surface area contributed by atoms with Crippen molar-refractivity contribution in [1.29, 1.82) is 0 Å². The molecule has 1 aromatic rings. The summed E-state index contributed by atoms with van der Waals surface area (Å²) in [6.07, 6.45) is 6.09. The number of benzene rings is 1. The molecule has 0 spiro atoms. The van der Waals surface area contributed by atoms with Gasteiger partial charge in [-0.15, -0.1) is 0 Å². The fourth-order valence-electron chi connectivity index (χ4n) is 2.95. The molecule has 3 heteroatoms. The molecule has 0 bridgehead atoms. The Morgan fingerprint density at radius 2 is 1.95 bits per heavy atom. The SMILES string of the molecule is Cc1ccccc1[C@H](C)NCC(=O)NC1CCCCC1. The molecule has 110 valence electrons. The number of aryl methyl sites for hydroxylation is 1. The first kappa shape index (κ1) is 15.0. The van der Waals surface area contributed by atoms with Crippen molar-refractivity contribution in [3.63, 3.8) is 0 Å². The van der Waals surface area contributed by atoms with Crippen molar-refractivity contribution in [3.8, 4) is 0 Å². The summed E-state index contributed by atoms with van der Waals surface area (Å²) >= 11 is 0. The second-order valence-electron chi connectivity index (χ2n) is 5.86. The Balaban J connectivity index is 1.76. The molecule has 1 atom stereocenters. The van der Waals surface area contributed by atoms with E-state index < -0.39 is 0 Å². The molecule has 1 amide bonds. The molecule has 3 nitrogen and oxygen atoms in total. The van der Waals surface area contributed by atoms with E-state index >= 15 is 0 Å². The van der Waals surface area contributed by atoms with Crippen molar-refractivity contribution < 1.29 is 4.79 Å². The molecule has 0 aliphatic heterocycles. The first-order valence-electron chi connectivity index (χ1n) is 7.75. The quantitative estimate of drug-likeness (QED) is 0.866. The zero-order valence-corrected chi connectivity index (χ0v) is 12.6. The molecule has 1 fully saturated rings. The molecule has 20 heavy (non-hydrogen) atoms. The highest BCUT2D eigenvalue weighted by molar-refractivity contribution is 5.78. The van der Waals surface area contributed by atoms with E-state index in [-0.39, 0.29) is 11.9 Å². The summed E-state index contributed by atoms with van der Waals surface area (Å²) in [6, 6.07) is 8.91. The Bertz CT molecular complexity index is 438. The Hall–Kier alpha value is -1.35. The summed E-state index contributed by atoms with van der Waals surface area (Å²) in [4.78, 5) is 12.0. The van der Waals surface area contributed by atoms with E-state index in [1.165, 1.54) is 30.4 Å². The number of rotatable bonds is 5. The molecule has 0 heterocycles. The highest BCUT2D eigenvalue weighted by Crippen LogP contribution is 2.18. The van der Waals surface area contributed by atoms with Gasteiger partial charge in [0.05, 0.1) is 6.54 Å². The lowest BCUT2D eigenvalue weighted by atomic mass is 9.95. The van der Waals surface area contributed by atoms with Crippen LogP contribution < -0.4 is 10.6 Å². The predicted octanol–water partition coefficient (Wildman–Crippen LogP) is 3.09. The molecule has 1 saturated carbocycles. The van der Waals surface area contributed by atoms with Gasteiger partial charge in [-0.3, -0.25) is 4.79 Å². The summed E-state index contributed by atoms with van der Waals surface area (Å²) < 4.78 is 0. The maximum atomic E-state index is 12.0. The monoisotopic (exact) mass is 274 g/mol. The molecule has 2 N–H and O–H groups in total. The van der Waals surface area contributed by atoms with Crippen molar-refractivity contribution in [1.82, 2.24) is 10.6 Å². The minimum atomic E-state index is 0.123. The summed E-state index contributed by atoms with van der Waals surface area (Å²) in [5, 5.41) is 6.46. The maximum absolute atomic E-state index is 12.0. The van der Waals surface area contributed by atoms with Crippen LogP contribution in [0.1, 0.15) is 56.2 Å². The first-order chi connectivity index (χ1) is 9.66. The summed E-state index contributed by atoms with van der Waals surface area (Å²) in [6.45, 7) is 4.61. The Labute approximate surface area is 122 Å². The predicted molar refractivity (Wildman–Crippen MR) is 82.6 cm³/mol. The van der Waals surface area contributed by atoms with Crippen molar-refractivity contribution in [2.24, 2.45) is 0 Å². The molecule has 0 aromatic heterocycles. The second-order valence-corrected chi connectivity index (χ2v) is 5.86. The highest BCUT2D eigenvalue weighted by Gasteiger charge is 2.16. The zero-order valence-electron chi connectivity index (χ0n) is 12.6. The Kier molecular flexibility index (Phi) is 5.60. The van der Waals surface area contributed by atoms with Crippen LogP contribution in [0.15, 0.2) is 24.3 Å². The number of nitrogens with one attached hydrogen (secondary N) is 2. The van der Waals surface area contributed by atoms with Crippen LogP contribution in [0.25, 0.3) is 0 Å². The van der Waals surface area contributed by atoms with E-state index in [0.717, 1.165) is 12.8 Å². The molecular formula is C17H26N2O. The Morgan fingerprint density at radius 1 is 1.25 bits per heavy atom. The smallest absolute Gasteiger partial charge is 0.234 e. The van der Waals surface area contributed by atoms with Crippen LogP contribution in [0.5, 0.6) is 0 Å². The van der Waals surface area contributed by atoms with Gasteiger partial charge >= 0.3 is 0 Å². The average molecular weight is 274 g/mol. The van der Waals surface area contributed by atoms with E-state index in [0.29, 0.717) is 12.6 Å². The van der Waals surface area contributed by atoms with E-state index in [1.807, 2.05) is 12.1 Å².